The summed E-state index contributed by atoms with van der Waals surface area (Å²) in [5, 5.41) is 3.41. The number of methoxy groups -OCH3 is 1. The van der Waals surface area contributed by atoms with Crippen LogP contribution in [0.4, 0.5) is 0 Å². The molecule has 0 aromatic carbocycles. The smallest absolute Gasteiger partial charge is 0.0701 e. The lowest BCUT2D eigenvalue weighted by molar-refractivity contribution is 0.0695. The van der Waals surface area contributed by atoms with Gasteiger partial charge in [-0.05, 0) is 54.0 Å². The fourth-order valence-electron chi connectivity index (χ4n) is 1.37. The summed E-state index contributed by atoms with van der Waals surface area (Å²) in [6.45, 7) is 4.23. The summed E-state index contributed by atoms with van der Waals surface area (Å²) >= 11 is 5.27. The van der Waals surface area contributed by atoms with Gasteiger partial charge in [0.15, 0.2) is 0 Å². The normalized spacial score (nSPS) is 10.9. The van der Waals surface area contributed by atoms with Crippen molar-refractivity contribution >= 4 is 27.3 Å². The summed E-state index contributed by atoms with van der Waals surface area (Å²) in [7, 11) is 1.69. The summed E-state index contributed by atoms with van der Waals surface area (Å²) in [6, 6.07) is 4.27. The highest BCUT2D eigenvalue weighted by molar-refractivity contribution is 9.11. The maximum absolute atomic E-state index is 5.37. The fraction of sp³-hybridized carbons (Fsp3) is 0.667. The molecule has 1 N–H and O–H groups in total. The minimum absolute atomic E-state index is 0.681. The van der Waals surface area contributed by atoms with E-state index in [1.165, 1.54) is 8.66 Å². The molecule has 0 spiro atoms. The average molecular weight is 322 g/mol. The molecule has 0 aliphatic carbocycles. The van der Waals surface area contributed by atoms with Crippen molar-refractivity contribution in [3.8, 4) is 0 Å². The van der Waals surface area contributed by atoms with E-state index in [2.05, 4.69) is 33.4 Å². The van der Waals surface area contributed by atoms with Crippen molar-refractivity contribution in [2.24, 2.45) is 0 Å². The summed E-state index contributed by atoms with van der Waals surface area (Å²) in [6.07, 6.45) is 2.15. The number of nitrogens with one attached hydrogen (secondary N) is 1. The molecule has 0 aliphatic heterocycles. The van der Waals surface area contributed by atoms with E-state index in [1.807, 2.05) is 0 Å². The summed E-state index contributed by atoms with van der Waals surface area (Å²) in [4.78, 5) is 1.42. The Morgan fingerprint density at radius 2 is 2.12 bits per heavy atom. The maximum Gasteiger partial charge on any atom is 0.0701 e. The molecule has 5 heteroatoms. The molecule has 17 heavy (non-hydrogen) atoms. The van der Waals surface area contributed by atoms with Crippen LogP contribution < -0.4 is 5.32 Å². The van der Waals surface area contributed by atoms with Gasteiger partial charge >= 0.3 is 0 Å². The van der Waals surface area contributed by atoms with Gasteiger partial charge in [-0.2, -0.15) is 0 Å². The minimum atomic E-state index is 0.681. The zero-order valence-electron chi connectivity index (χ0n) is 10.2. The number of rotatable bonds is 10. The van der Waals surface area contributed by atoms with Crippen molar-refractivity contribution in [1.82, 2.24) is 5.32 Å². The summed E-state index contributed by atoms with van der Waals surface area (Å²) in [5.74, 6) is 0. The lowest BCUT2D eigenvalue weighted by atomic mass is 10.3. The van der Waals surface area contributed by atoms with Gasteiger partial charge in [-0.3, -0.25) is 0 Å². The predicted octanol–water partition coefficient (Wildman–Crippen LogP) is 2.70. The molecule has 1 aromatic rings. The van der Waals surface area contributed by atoms with Crippen LogP contribution >= 0.6 is 27.3 Å². The maximum atomic E-state index is 5.37. The van der Waals surface area contributed by atoms with E-state index in [4.69, 9.17) is 9.47 Å². The van der Waals surface area contributed by atoms with Gasteiger partial charge in [-0.25, -0.2) is 0 Å². The Morgan fingerprint density at radius 3 is 2.82 bits per heavy atom. The quantitative estimate of drug-likeness (QED) is 0.672. The topological polar surface area (TPSA) is 30.5 Å². The Balaban J connectivity index is 1.84. The largest absolute Gasteiger partial charge is 0.382 e. The standard InChI is InChI=1S/C12H20BrNO2S/c1-15-9-10-16-8-2-6-14-7-5-11-3-4-12(13)17-11/h3-4,14H,2,5-10H2,1H3. The number of hydrogen-bond donors (Lipinski definition) is 1. The van der Waals surface area contributed by atoms with Crippen LogP contribution in [-0.2, 0) is 15.9 Å². The molecule has 98 valence electrons. The predicted molar refractivity (Wildman–Crippen MR) is 75.9 cm³/mol. The molecule has 1 rings (SSSR count). The molecule has 0 aliphatic rings. The molecule has 0 amide bonds. The highest BCUT2D eigenvalue weighted by Gasteiger charge is 1.97. The molecular weight excluding hydrogens is 302 g/mol. The highest BCUT2D eigenvalue weighted by atomic mass is 79.9. The number of thiophene rings is 1. The molecule has 0 radical (unpaired) electrons. The SMILES string of the molecule is COCCOCCCNCCc1ccc(Br)s1. The van der Waals surface area contributed by atoms with Crippen LogP contribution in [0.25, 0.3) is 0 Å². The monoisotopic (exact) mass is 321 g/mol. The first-order valence-corrected chi connectivity index (χ1v) is 7.45. The van der Waals surface area contributed by atoms with Crippen LogP contribution in [0.2, 0.25) is 0 Å². The number of hydrogen-bond acceptors (Lipinski definition) is 4. The van der Waals surface area contributed by atoms with Crippen molar-refractivity contribution in [2.45, 2.75) is 12.8 Å². The highest BCUT2D eigenvalue weighted by Crippen LogP contribution is 2.21. The molecule has 1 heterocycles. The van der Waals surface area contributed by atoms with Gasteiger partial charge in [0, 0.05) is 18.6 Å². The molecule has 0 bridgehead atoms. The van der Waals surface area contributed by atoms with Crippen LogP contribution in [-0.4, -0.2) is 40.0 Å². The minimum Gasteiger partial charge on any atom is -0.382 e. The Hall–Kier alpha value is 0.0600. The van der Waals surface area contributed by atoms with Gasteiger partial charge < -0.3 is 14.8 Å². The second-order valence-electron chi connectivity index (χ2n) is 3.66. The Morgan fingerprint density at radius 1 is 1.24 bits per heavy atom. The lowest BCUT2D eigenvalue weighted by Crippen LogP contribution is -2.19. The average Bonchev–Trinajstić information content (AvgIpc) is 2.73. The van der Waals surface area contributed by atoms with Crippen molar-refractivity contribution in [3.05, 3.63) is 20.8 Å². The van der Waals surface area contributed by atoms with Gasteiger partial charge in [0.1, 0.15) is 0 Å². The molecule has 0 saturated heterocycles. The third kappa shape index (κ3) is 7.89. The Labute approximate surface area is 116 Å². The van der Waals surface area contributed by atoms with Gasteiger partial charge in [0.25, 0.3) is 0 Å². The fourth-order valence-corrected chi connectivity index (χ4v) is 2.85. The number of halogens is 1. The molecule has 0 atom stereocenters. The van der Waals surface area contributed by atoms with E-state index >= 15 is 0 Å². The second-order valence-corrected chi connectivity index (χ2v) is 6.21. The van der Waals surface area contributed by atoms with E-state index in [9.17, 15) is 0 Å². The van der Waals surface area contributed by atoms with Crippen molar-refractivity contribution < 1.29 is 9.47 Å². The number of ether oxygens (including phenoxy) is 2. The third-order valence-electron chi connectivity index (χ3n) is 2.25. The molecule has 0 unspecified atom stereocenters. The molecule has 0 fully saturated rings. The van der Waals surface area contributed by atoms with E-state index in [0.29, 0.717) is 13.2 Å². The second kappa shape index (κ2) is 10.0. The van der Waals surface area contributed by atoms with Crippen LogP contribution in [0.1, 0.15) is 11.3 Å². The van der Waals surface area contributed by atoms with Gasteiger partial charge in [-0.1, -0.05) is 0 Å². The first kappa shape index (κ1) is 15.1. The van der Waals surface area contributed by atoms with Crippen molar-refractivity contribution in [2.75, 3.05) is 40.0 Å². The van der Waals surface area contributed by atoms with Gasteiger partial charge in [0.2, 0.25) is 0 Å². The summed E-state index contributed by atoms with van der Waals surface area (Å²) < 4.78 is 11.5. The van der Waals surface area contributed by atoms with E-state index in [0.717, 1.165) is 32.5 Å². The van der Waals surface area contributed by atoms with E-state index in [-0.39, 0.29) is 0 Å². The first-order chi connectivity index (χ1) is 8.33. The van der Waals surface area contributed by atoms with Crippen molar-refractivity contribution in [1.29, 1.82) is 0 Å². The Kier molecular flexibility index (Phi) is 8.92. The molecule has 1 aromatic heterocycles. The Bertz CT molecular complexity index is 294. The zero-order valence-corrected chi connectivity index (χ0v) is 12.6. The van der Waals surface area contributed by atoms with Crippen molar-refractivity contribution in [3.63, 3.8) is 0 Å². The molecular formula is C12H20BrNO2S. The van der Waals surface area contributed by atoms with Crippen LogP contribution in [0.15, 0.2) is 15.9 Å². The van der Waals surface area contributed by atoms with Crippen LogP contribution in [0.3, 0.4) is 0 Å². The first-order valence-electron chi connectivity index (χ1n) is 5.84. The van der Waals surface area contributed by atoms with E-state index in [1.54, 1.807) is 18.4 Å². The van der Waals surface area contributed by atoms with Crippen LogP contribution in [0.5, 0.6) is 0 Å². The van der Waals surface area contributed by atoms with Gasteiger partial charge in [-0.15, -0.1) is 11.3 Å². The third-order valence-corrected chi connectivity index (χ3v) is 3.93. The zero-order chi connectivity index (χ0) is 12.3. The van der Waals surface area contributed by atoms with Gasteiger partial charge in [0.05, 0.1) is 17.0 Å². The van der Waals surface area contributed by atoms with Crippen LogP contribution in [0, 0.1) is 0 Å². The molecule has 3 nitrogen and oxygen atoms in total. The lowest BCUT2D eigenvalue weighted by Gasteiger charge is -2.05. The van der Waals surface area contributed by atoms with E-state index < -0.39 is 0 Å². The summed E-state index contributed by atoms with van der Waals surface area (Å²) in [5.41, 5.74) is 0. The molecule has 0 saturated carbocycles.